The van der Waals surface area contributed by atoms with Gasteiger partial charge in [-0.2, -0.15) is 0 Å². The highest BCUT2D eigenvalue weighted by atomic mass is 32.1. The Hall–Kier alpha value is -0.780. The van der Waals surface area contributed by atoms with E-state index in [9.17, 15) is 0 Å². The van der Waals surface area contributed by atoms with E-state index < -0.39 is 0 Å². The van der Waals surface area contributed by atoms with E-state index in [-0.39, 0.29) is 0 Å². The molecule has 86 valence electrons. The van der Waals surface area contributed by atoms with Gasteiger partial charge >= 0.3 is 0 Å². The summed E-state index contributed by atoms with van der Waals surface area (Å²) in [4.78, 5) is 8.80. The maximum absolute atomic E-state index is 4.55. The highest BCUT2D eigenvalue weighted by Gasteiger charge is 2.05. The molecule has 0 atom stereocenters. The number of hydrogen-bond acceptors (Lipinski definition) is 5. The number of hydrogen-bond donors (Lipinski definition) is 1. The standard InChI is InChI=1S/C11H15N3S2/c1-8(2)3-12-4-11-14-10(6-16-11)9-5-15-7-13-9/h5-8,12H,3-4H2,1-2H3. The summed E-state index contributed by atoms with van der Waals surface area (Å²) in [6, 6.07) is 0. The summed E-state index contributed by atoms with van der Waals surface area (Å²) in [7, 11) is 0. The van der Waals surface area contributed by atoms with Gasteiger partial charge in [0.2, 0.25) is 0 Å². The second kappa shape index (κ2) is 5.52. The topological polar surface area (TPSA) is 37.8 Å². The molecule has 3 nitrogen and oxygen atoms in total. The molecule has 5 heteroatoms. The monoisotopic (exact) mass is 253 g/mol. The van der Waals surface area contributed by atoms with Crippen molar-refractivity contribution in [2.24, 2.45) is 5.92 Å². The van der Waals surface area contributed by atoms with Crippen molar-refractivity contribution in [3.63, 3.8) is 0 Å². The molecule has 0 bridgehead atoms. The van der Waals surface area contributed by atoms with E-state index in [1.165, 1.54) is 0 Å². The van der Waals surface area contributed by atoms with Crippen LogP contribution in [0.4, 0.5) is 0 Å². The van der Waals surface area contributed by atoms with Crippen molar-refractivity contribution in [1.29, 1.82) is 0 Å². The van der Waals surface area contributed by atoms with Crippen molar-refractivity contribution in [2.75, 3.05) is 6.54 Å². The molecule has 2 rings (SSSR count). The SMILES string of the molecule is CC(C)CNCc1nc(-c2cscn2)cs1. The molecule has 0 fully saturated rings. The molecular formula is C11H15N3S2. The van der Waals surface area contributed by atoms with Crippen LogP contribution in [0.5, 0.6) is 0 Å². The number of nitrogens with one attached hydrogen (secondary N) is 1. The van der Waals surface area contributed by atoms with Crippen molar-refractivity contribution < 1.29 is 0 Å². The smallest absolute Gasteiger partial charge is 0.107 e. The lowest BCUT2D eigenvalue weighted by Crippen LogP contribution is -2.18. The molecule has 0 amide bonds. The van der Waals surface area contributed by atoms with Crippen LogP contribution < -0.4 is 5.32 Å². The van der Waals surface area contributed by atoms with Crippen LogP contribution in [0.1, 0.15) is 18.9 Å². The zero-order valence-corrected chi connectivity index (χ0v) is 11.1. The number of aromatic nitrogens is 2. The maximum Gasteiger partial charge on any atom is 0.107 e. The molecule has 0 spiro atoms. The van der Waals surface area contributed by atoms with Gasteiger partial charge in [0, 0.05) is 17.3 Å². The van der Waals surface area contributed by atoms with Crippen LogP contribution in [-0.4, -0.2) is 16.5 Å². The molecule has 2 heterocycles. The fourth-order valence-electron chi connectivity index (χ4n) is 1.32. The van der Waals surface area contributed by atoms with Crippen molar-refractivity contribution >= 4 is 22.7 Å². The van der Waals surface area contributed by atoms with E-state index in [1.807, 2.05) is 10.9 Å². The summed E-state index contributed by atoms with van der Waals surface area (Å²) in [5.41, 5.74) is 3.81. The summed E-state index contributed by atoms with van der Waals surface area (Å²) in [6.07, 6.45) is 0. The summed E-state index contributed by atoms with van der Waals surface area (Å²) < 4.78 is 0. The molecule has 0 aliphatic heterocycles. The Morgan fingerprint density at radius 2 is 2.19 bits per heavy atom. The highest BCUT2D eigenvalue weighted by Crippen LogP contribution is 2.21. The van der Waals surface area contributed by atoms with Gasteiger partial charge in [-0.05, 0) is 12.5 Å². The largest absolute Gasteiger partial charge is 0.310 e. The van der Waals surface area contributed by atoms with Crippen LogP contribution in [0.25, 0.3) is 11.4 Å². The molecule has 1 N–H and O–H groups in total. The van der Waals surface area contributed by atoms with E-state index in [2.05, 4.69) is 34.5 Å². The fourth-order valence-corrected chi connectivity index (χ4v) is 2.62. The minimum atomic E-state index is 0.679. The first-order chi connectivity index (χ1) is 7.75. The van der Waals surface area contributed by atoms with Crippen LogP contribution in [0, 0.1) is 5.92 Å². The van der Waals surface area contributed by atoms with Crippen LogP contribution >= 0.6 is 22.7 Å². The third-order valence-electron chi connectivity index (χ3n) is 2.08. The van der Waals surface area contributed by atoms with Gasteiger partial charge in [-0.15, -0.1) is 22.7 Å². The zero-order chi connectivity index (χ0) is 11.4. The number of nitrogens with zero attached hydrogens (tertiary/aromatic N) is 2. The highest BCUT2D eigenvalue weighted by molar-refractivity contribution is 7.10. The van der Waals surface area contributed by atoms with Crippen LogP contribution in [-0.2, 0) is 6.54 Å². The fraction of sp³-hybridized carbons (Fsp3) is 0.455. The van der Waals surface area contributed by atoms with Crippen LogP contribution in [0.15, 0.2) is 16.3 Å². The third kappa shape index (κ3) is 3.10. The molecule has 16 heavy (non-hydrogen) atoms. The Morgan fingerprint density at radius 1 is 1.31 bits per heavy atom. The second-order valence-electron chi connectivity index (χ2n) is 4.02. The van der Waals surface area contributed by atoms with Crippen LogP contribution in [0.3, 0.4) is 0 Å². The lowest BCUT2D eigenvalue weighted by atomic mass is 10.2. The summed E-state index contributed by atoms with van der Waals surface area (Å²) in [5.74, 6) is 0.679. The first-order valence-corrected chi connectivity index (χ1v) is 7.11. The molecule has 0 radical (unpaired) electrons. The van der Waals surface area contributed by atoms with Gasteiger partial charge < -0.3 is 5.32 Å². The molecule has 0 aromatic carbocycles. The molecule has 0 aliphatic rings. The lowest BCUT2D eigenvalue weighted by molar-refractivity contribution is 0.551. The van der Waals surface area contributed by atoms with E-state index in [1.54, 1.807) is 22.7 Å². The van der Waals surface area contributed by atoms with E-state index in [4.69, 9.17) is 0 Å². The average Bonchev–Trinajstić information content (AvgIpc) is 2.85. The summed E-state index contributed by atoms with van der Waals surface area (Å²) in [6.45, 7) is 6.30. The number of rotatable bonds is 5. The first kappa shape index (κ1) is 11.7. The van der Waals surface area contributed by atoms with Gasteiger partial charge in [-0.25, -0.2) is 9.97 Å². The predicted octanol–water partition coefficient (Wildman–Crippen LogP) is 3.01. The molecule has 0 aliphatic carbocycles. The predicted molar refractivity (Wildman–Crippen MR) is 69.8 cm³/mol. The Bertz CT molecular complexity index is 420. The Morgan fingerprint density at radius 3 is 2.88 bits per heavy atom. The number of thiazole rings is 2. The van der Waals surface area contributed by atoms with Crippen LogP contribution in [0.2, 0.25) is 0 Å². The third-order valence-corrected chi connectivity index (χ3v) is 3.51. The van der Waals surface area contributed by atoms with Gasteiger partial charge in [-0.3, -0.25) is 0 Å². The Balaban J connectivity index is 1.93. The van der Waals surface area contributed by atoms with Gasteiger partial charge in [0.25, 0.3) is 0 Å². The molecule has 0 saturated heterocycles. The van der Waals surface area contributed by atoms with Gasteiger partial charge in [0.15, 0.2) is 0 Å². The molecule has 2 aromatic heterocycles. The van der Waals surface area contributed by atoms with Crippen molar-refractivity contribution in [2.45, 2.75) is 20.4 Å². The van der Waals surface area contributed by atoms with E-state index in [0.29, 0.717) is 5.92 Å². The molecule has 2 aromatic rings. The quantitative estimate of drug-likeness (QED) is 0.890. The van der Waals surface area contributed by atoms with Crippen molar-refractivity contribution in [3.05, 3.63) is 21.3 Å². The Labute approximate surface area is 104 Å². The van der Waals surface area contributed by atoms with Gasteiger partial charge in [0.1, 0.15) is 16.4 Å². The lowest BCUT2D eigenvalue weighted by Gasteiger charge is -2.04. The van der Waals surface area contributed by atoms with Gasteiger partial charge in [-0.1, -0.05) is 13.8 Å². The maximum atomic E-state index is 4.55. The second-order valence-corrected chi connectivity index (χ2v) is 5.69. The van der Waals surface area contributed by atoms with Crippen molar-refractivity contribution in [1.82, 2.24) is 15.3 Å². The minimum Gasteiger partial charge on any atom is -0.310 e. The Kier molecular flexibility index (Phi) is 4.04. The van der Waals surface area contributed by atoms with Gasteiger partial charge in [0.05, 0.1) is 5.51 Å². The molecular weight excluding hydrogens is 238 g/mol. The summed E-state index contributed by atoms with van der Waals surface area (Å²) >= 11 is 3.29. The van der Waals surface area contributed by atoms with E-state index >= 15 is 0 Å². The summed E-state index contributed by atoms with van der Waals surface area (Å²) in [5, 5.41) is 8.62. The first-order valence-electron chi connectivity index (χ1n) is 5.29. The minimum absolute atomic E-state index is 0.679. The molecule has 0 unspecified atom stereocenters. The van der Waals surface area contributed by atoms with E-state index in [0.717, 1.165) is 29.5 Å². The average molecular weight is 253 g/mol. The van der Waals surface area contributed by atoms with Crippen molar-refractivity contribution in [3.8, 4) is 11.4 Å². The molecule has 0 saturated carbocycles. The zero-order valence-electron chi connectivity index (χ0n) is 9.43. The normalized spacial score (nSPS) is 11.2.